The summed E-state index contributed by atoms with van der Waals surface area (Å²) >= 11 is 0. The summed E-state index contributed by atoms with van der Waals surface area (Å²) in [7, 11) is 0. The monoisotopic (exact) mass is 196 g/mol. The Kier molecular flexibility index (Phi) is 2.87. The van der Waals surface area contributed by atoms with Gasteiger partial charge < -0.3 is 0 Å². The molecule has 0 unspecified atom stereocenters. The van der Waals surface area contributed by atoms with Gasteiger partial charge in [-0.1, -0.05) is 0 Å². The summed E-state index contributed by atoms with van der Waals surface area (Å²) in [6.45, 7) is 1.49. The van der Waals surface area contributed by atoms with Crippen molar-refractivity contribution in [2.24, 2.45) is 0 Å². The fraction of sp³-hybridized carbons (Fsp3) is 0.222. The standard InChI is InChI=1S/C9H6F2N2O/c1-5-2-6(3-12)7(4-14)8(13-5)9(10)11/h2,4,9H,1H3. The van der Waals surface area contributed by atoms with Crippen molar-refractivity contribution >= 4 is 6.29 Å². The molecular formula is C9H6F2N2O. The topological polar surface area (TPSA) is 53.8 Å². The van der Waals surface area contributed by atoms with Gasteiger partial charge in [0.15, 0.2) is 6.29 Å². The van der Waals surface area contributed by atoms with Gasteiger partial charge in [-0.25, -0.2) is 8.78 Å². The molecule has 5 heteroatoms. The van der Waals surface area contributed by atoms with E-state index in [4.69, 9.17) is 5.26 Å². The van der Waals surface area contributed by atoms with Crippen LogP contribution in [0.2, 0.25) is 0 Å². The molecule has 0 N–H and O–H groups in total. The molecule has 0 aromatic carbocycles. The predicted molar refractivity (Wildman–Crippen MR) is 44.0 cm³/mol. The molecule has 0 amide bonds. The van der Waals surface area contributed by atoms with E-state index in [9.17, 15) is 13.6 Å². The molecule has 0 fully saturated rings. The summed E-state index contributed by atoms with van der Waals surface area (Å²) in [6, 6.07) is 2.98. The molecule has 0 saturated heterocycles. The van der Waals surface area contributed by atoms with Crippen LogP contribution in [0.4, 0.5) is 8.78 Å². The molecule has 72 valence electrons. The van der Waals surface area contributed by atoms with Crippen LogP contribution in [0.15, 0.2) is 6.07 Å². The molecule has 0 saturated carbocycles. The summed E-state index contributed by atoms with van der Waals surface area (Å²) in [4.78, 5) is 14.0. The summed E-state index contributed by atoms with van der Waals surface area (Å²) < 4.78 is 24.8. The van der Waals surface area contributed by atoms with Crippen molar-refractivity contribution in [1.29, 1.82) is 5.26 Å². The van der Waals surface area contributed by atoms with Crippen molar-refractivity contribution in [2.75, 3.05) is 0 Å². The van der Waals surface area contributed by atoms with Gasteiger partial charge in [0.25, 0.3) is 6.43 Å². The molecule has 3 nitrogen and oxygen atoms in total. The van der Waals surface area contributed by atoms with Gasteiger partial charge in [-0.15, -0.1) is 0 Å². The Bertz CT molecular complexity index is 410. The first-order chi connectivity index (χ1) is 6.60. The maximum atomic E-state index is 12.4. The highest BCUT2D eigenvalue weighted by atomic mass is 19.3. The van der Waals surface area contributed by atoms with Crippen LogP contribution in [-0.2, 0) is 0 Å². The number of carbonyl (C=O) groups excluding carboxylic acids is 1. The second-order valence-corrected chi connectivity index (χ2v) is 2.64. The van der Waals surface area contributed by atoms with Crippen molar-refractivity contribution in [3.8, 4) is 6.07 Å². The molecule has 0 bridgehead atoms. The molecule has 1 heterocycles. The van der Waals surface area contributed by atoms with E-state index in [0.29, 0.717) is 5.69 Å². The van der Waals surface area contributed by atoms with E-state index >= 15 is 0 Å². The fourth-order valence-corrected chi connectivity index (χ4v) is 1.09. The average molecular weight is 196 g/mol. The first-order valence-corrected chi connectivity index (χ1v) is 3.75. The first kappa shape index (κ1) is 10.3. The fourth-order valence-electron chi connectivity index (χ4n) is 1.09. The van der Waals surface area contributed by atoms with Gasteiger partial charge in [0.1, 0.15) is 11.8 Å². The van der Waals surface area contributed by atoms with Crippen LogP contribution in [-0.4, -0.2) is 11.3 Å². The number of rotatable bonds is 2. The summed E-state index contributed by atoms with van der Waals surface area (Å²) in [5.74, 6) is 0. The predicted octanol–water partition coefficient (Wildman–Crippen LogP) is 2.01. The second kappa shape index (κ2) is 3.92. The van der Waals surface area contributed by atoms with Crippen LogP contribution < -0.4 is 0 Å². The number of aromatic nitrogens is 1. The Balaban J connectivity index is 3.49. The molecule has 0 radical (unpaired) electrons. The SMILES string of the molecule is Cc1cc(C#N)c(C=O)c(C(F)F)n1. The maximum Gasteiger partial charge on any atom is 0.281 e. The third kappa shape index (κ3) is 1.74. The Morgan fingerprint density at radius 2 is 2.29 bits per heavy atom. The van der Waals surface area contributed by atoms with Crippen molar-refractivity contribution in [3.05, 3.63) is 28.6 Å². The van der Waals surface area contributed by atoms with Crippen LogP contribution in [0.25, 0.3) is 0 Å². The molecule has 1 aromatic rings. The van der Waals surface area contributed by atoms with E-state index in [1.165, 1.54) is 13.0 Å². The van der Waals surface area contributed by atoms with E-state index in [-0.39, 0.29) is 17.4 Å². The number of aryl methyl sites for hydroxylation is 1. The lowest BCUT2D eigenvalue weighted by atomic mass is 10.1. The van der Waals surface area contributed by atoms with Crippen LogP contribution in [0.5, 0.6) is 0 Å². The number of hydrogen-bond donors (Lipinski definition) is 0. The number of alkyl halides is 2. The lowest BCUT2D eigenvalue weighted by Gasteiger charge is -2.05. The number of halogens is 2. The lowest BCUT2D eigenvalue weighted by Crippen LogP contribution is -2.02. The third-order valence-corrected chi connectivity index (χ3v) is 1.66. The Morgan fingerprint density at radius 3 is 2.71 bits per heavy atom. The lowest BCUT2D eigenvalue weighted by molar-refractivity contribution is 0.110. The zero-order valence-electron chi connectivity index (χ0n) is 7.29. The van der Waals surface area contributed by atoms with Gasteiger partial charge in [0.05, 0.1) is 11.1 Å². The zero-order valence-corrected chi connectivity index (χ0v) is 7.29. The largest absolute Gasteiger partial charge is 0.298 e. The number of nitrogens with zero attached hydrogens (tertiary/aromatic N) is 2. The van der Waals surface area contributed by atoms with Crippen LogP contribution in [0.3, 0.4) is 0 Å². The number of hydrogen-bond acceptors (Lipinski definition) is 3. The van der Waals surface area contributed by atoms with Crippen molar-refractivity contribution in [1.82, 2.24) is 4.98 Å². The highest BCUT2D eigenvalue weighted by Crippen LogP contribution is 2.22. The molecule has 0 spiro atoms. The van der Waals surface area contributed by atoms with Crippen LogP contribution >= 0.6 is 0 Å². The number of nitriles is 1. The molecule has 0 aliphatic carbocycles. The first-order valence-electron chi connectivity index (χ1n) is 3.75. The van der Waals surface area contributed by atoms with E-state index in [1.807, 2.05) is 0 Å². The smallest absolute Gasteiger partial charge is 0.281 e. The maximum absolute atomic E-state index is 12.4. The quantitative estimate of drug-likeness (QED) is 0.680. The van der Waals surface area contributed by atoms with Crippen molar-refractivity contribution in [2.45, 2.75) is 13.3 Å². The summed E-state index contributed by atoms with van der Waals surface area (Å²) in [5.41, 5.74) is -0.727. The Hall–Kier alpha value is -1.83. The van der Waals surface area contributed by atoms with Gasteiger partial charge >= 0.3 is 0 Å². The van der Waals surface area contributed by atoms with E-state index in [2.05, 4.69) is 4.98 Å². The number of pyridine rings is 1. The minimum absolute atomic E-state index is 0.0669. The van der Waals surface area contributed by atoms with Crippen LogP contribution in [0.1, 0.15) is 33.7 Å². The van der Waals surface area contributed by atoms with Crippen LogP contribution in [0, 0.1) is 18.3 Å². The molecule has 0 atom stereocenters. The van der Waals surface area contributed by atoms with Gasteiger partial charge in [-0.3, -0.25) is 9.78 Å². The van der Waals surface area contributed by atoms with E-state index in [0.717, 1.165) is 0 Å². The average Bonchev–Trinajstić information content (AvgIpc) is 2.16. The van der Waals surface area contributed by atoms with Gasteiger partial charge in [-0.05, 0) is 13.0 Å². The van der Waals surface area contributed by atoms with E-state index < -0.39 is 12.1 Å². The molecule has 1 aromatic heterocycles. The molecule has 0 aliphatic rings. The minimum Gasteiger partial charge on any atom is -0.298 e. The highest BCUT2D eigenvalue weighted by Gasteiger charge is 2.18. The Morgan fingerprint density at radius 1 is 1.64 bits per heavy atom. The summed E-state index contributed by atoms with van der Waals surface area (Å²) in [6.07, 6.45) is -2.62. The summed E-state index contributed by atoms with van der Waals surface area (Å²) in [5, 5.41) is 8.60. The normalized spacial score (nSPS) is 9.93. The minimum atomic E-state index is -2.85. The van der Waals surface area contributed by atoms with Gasteiger partial charge in [-0.2, -0.15) is 5.26 Å². The zero-order chi connectivity index (χ0) is 10.7. The van der Waals surface area contributed by atoms with Gasteiger partial charge in [0, 0.05) is 5.69 Å². The van der Waals surface area contributed by atoms with Crippen molar-refractivity contribution < 1.29 is 13.6 Å². The third-order valence-electron chi connectivity index (χ3n) is 1.66. The molecule has 0 aliphatic heterocycles. The van der Waals surface area contributed by atoms with E-state index in [1.54, 1.807) is 6.07 Å². The second-order valence-electron chi connectivity index (χ2n) is 2.64. The number of aldehydes is 1. The highest BCUT2D eigenvalue weighted by molar-refractivity contribution is 5.80. The Labute approximate surface area is 79.0 Å². The van der Waals surface area contributed by atoms with Crippen molar-refractivity contribution in [3.63, 3.8) is 0 Å². The molecule has 1 rings (SSSR count). The van der Waals surface area contributed by atoms with Gasteiger partial charge in [0.2, 0.25) is 0 Å². The number of carbonyl (C=O) groups is 1. The molecular weight excluding hydrogens is 190 g/mol. The molecule has 14 heavy (non-hydrogen) atoms.